The highest BCUT2D eigenvalue weighted by molar-refractivity contribution is 5.80. The second kappa shape index (κ2) is 11.4. The Morgan fingerprint density at radius 3 is 2.69 bits per heavy atom. The number of hydrogen-bond donors (Lipinski definition) is 2. The Labute approximate surface area is 177 Å². The lowest BCUT2D eigenvalue weighted by Crippen LogP contribution is -2.40. The van der Waals surface area contributed by atoms with Gasteiger partial charge in [0.25, 0.3) is 0 Å². The third-order valence-corrected chi connectivity index (χ3v) is 6.17. The molecule has 1 unspecified atom stereocenters. The van der Waals surface area contributed by atoms with Crippen molar-refractivity contribution in [3.63, 3.8) is 0 Å². The van der Waals surface area contributed by atoms with Crippen LogP contribution in [0.15, 0.2) is 29.3 Å². The highest BCUT2D eigenvalue weighted by atomic mass is 15.2. The van der Waals surface area contributed by atoms with Crippen molar-refractivity contribution in [2.45, 2.75) is 38.6 Å². The van der Waals surface area contributed by atoms with E-state index < -0.39 is 0 Å². The fourth-order valence-corrected chi connectivity index (χ4v) is 4.28. The van der Waals surface area contributed by atoms with Gasteiger partial charge in [0.1, 0.15) is 0 Å². The highest BCUT2D eigenvalue weighted by Crippen LogP contribution is 2.23. The fourth-order valence-electron chi connectivity index (χ4n) is 4.28. The number of hydrogen-bond acceptors (Lipinski definition) is 4. The molecule has 0 aliphatic carbocycles. The van der Waals surface area contributed by atoms with Gasteiger partial charge in [-0.1, -0.05) is 12.1 Å². The maximum Gasteiger partial charge on any atom is 0.191 e. The number of guanidine groups is 1. The molecule has 0 spiro atoms. The van der Waals surface area contributed by atoms with Gasteiger partial charge in [-0.15, -0.1) is 0 Å². The van der Waals surface area contributed by atoms with Crippen LogP contribution in [0.5, 0.6) is 0 Å². The van der Waals surface area contributed by atoms with E-state index in [4.69, 9.17) is 0 Å². The van der Waals surface area contributed by atoms with Crippen molar-refractivity contribution in [2.24, 2.45) is 4.99 Å². The predicted octanol–water partition coefficient (Wildman–Crippen LogP) is 2.54. The van der Waals surface area contributed by atoms with Crippen LogP contribution in [0.4, 0.5) is 5.69 Å². The van der Waals surface area contributed by atoms with E-state index in [0.717, 1.165) is 25.5 Å². The molecule has 2 aliphatic heterocycles. The van der Waals surface area contributed by atoms with Crippen LogP contribution in [0.2, 0.25) is 0 Å². The molecule has 3 rings (SSSR count). The minimum atomic E-state index is 0.227. The summed E-state index contributed by atoms with van der Waals surface area (Å²) in [6.07, 6.45) is 5.04. The quantitative estimate of drug-likeness (QED) is 0.418. The first-order valence-electron chi connectivity index (χ1n) is 11.4. The van der Waals surface area contributed by atoms with Gasteiger partial charge in [-0.25, -0.2) is 0 Å². The van der Waals surface area contributed by atoms with Crippen molar-refractivity contribution in [2.75, 3.05) is 71.4 Å². The van der Waals surface area contributed by atoms with Crippen LogP contribution in [0.1, 0.15) is 44.2 Å². The van der Waals surface area contributed by atoms with Gasteiger partial charge in [-0.05, 0) is 77.0 Å². The molecule has 2 fully saturated rings. The molecular formula is C23H40N6. The molecule has 0 aromatic heterocycles. The summed E-state index contributed by atoms with van der Waals surface area (Å²) in [4.78, 5) is 11.9. The summed E-state index contributed by atoms with van der Waals surface area (Å²) in [5, 5.41) is 7.05. The SMILES string of the molecule is CN=C(NCCCN1CCCN(C)CC1)NC(C)c1cccc(N2CCCC2)c1. The zero-order valence-electron chi connectivity index (χ0n) is 18.7. The Hall–Kier alpha value is -1.79. The van der Waals surface area contributed by atoms with Crippen LogP contribution in [0, 0.1) is 0 Å². The highest BCUT2D eigenvalue weighted by Gasteiger charge is 2.15. The minimum Gasteiger partial charge on any atom is -0.372 e. The van der Waals surface area contributed by atoms with Crippen LogP contribution in [-0.4, -0.2) is 82.2 Å². The van der Waals surface area contributed by atoms with Crippen LogP contribution in [0.3, 0.4) is 0 Å². The number of nitrogens with zero attached hydrogens (tertiary/aromatic N) is 4. The second-order valence-electron chi connectivity index (χ2n) is 8.51. The largest absolute Gasteiger partial charge is 0.372 e. The zero-order chi connectivity index (χ0) is 20.5. The topological polar surface area (TPSA) is 46.1 Å². The summed E-state index contributed by atoms with van der Waals surface area (Å²) < 4.78 is 0. The van der Waals surface area contributed by atoms with E-state index in [1.54, 1.807) is 0 Å². The van der Waals surface area contributed by atoms with Crippen molar-refractivity contribution < 1.29 is 0 Å². The van der Waals surface area contributed by atoms with E-state index in [0.29, 0.717) is 0 Å². The molecule has 2 saturated heterocycles. The lowest BCUT2D eigenvalue weighted by Gasteiger charge is -2.23. The standard InChI is InChI=1S/C23H40N6/c1-20(21-9-6-10-22(19-21)29-15-4-5-16-29)26-23(24-2)25-11-7-13-28-14-8-12-27(3)17-18-28/h6,9-10,19-20H,4-5,7-8,11-18H2,1-3H3,(H2,24,25,26). The molecule has 2 N–H and O–H groups in total. The van der Waals surface area contributed by atoms with E-state index in [2.05, 4.69) is 68.6 Å². The number of aliphatic imine (C=N–C) groups is 1. The molecule has 1 atom stereocenters. The van der Waals surface area contributed by atoms with E-state index in [1.165, 1.54) is 69.8 Å². The van der Waals surface area contributed by atoms with Crippen molar-refractivity contribution in [1.82, 2.24) is 20.4 Å². The molecule has 1 aromatic rings. The van der Waals surface area contributed by atoms with Gasteiger partial charge in [-0.3, -0.25) is 4.99 Å². The van der Waals surface area contributed by atoms with Crippen LogP contribution < -0.4 is 15.5 Å². The summed E-state index contributed by atoms with van der Waals surface area (Å²) in [6.45, 7) is 11.5. The zero-order valence-corrected chi connectivity index (χ0v) is 18.7. The maximum atomic E-state index is 4.43. The predicted molar refractivity (Wildman–Crippen MR) is 124 cm³/mol. The molecule has 29 heavy (non-hydrogen) atoms. The average Bonchev–Trinajstić information content (AvgIpc) is 3.20. The summed E-state index contributed by atoms with van der Waals surface area (Å²) in [7, 11) is 4.08. The molecule has 1 aromatic carbocycles. The first-order chi connectivity index (χ1) is 14.2. The summed E-state index contributed by atoms with van der Waals surface area (Å²) in [6, 6.07) is 9.17. The van der Waals surface area contributed by atoms with Gasteiger partial charge in [0.2, 0.25) is 0 Å². The number of anilines is 1. The molecule has 0 bridgehead atoms. The first-order valence-corrected chi connectivity index (χ1v) is 11.4. The fraction of sp³-hybridized carbons (Fsp3) is 0.696. The number of rotatable bonds is 7. The summed E-state index contributed by atoms with van der Waals surface area (Å²) in [5.74, 6) is 0.889. The van der Waals surface area contributed by atoms with Gasteiger partial charge in [0.15, 0.2) is 5.96 Å². The molecule has 6 nitrogen and oxygen atoms in total. The van der Waals surface area contributed by atoms with Crippen molar-refractivity contribution in [1.29, 1.82) is 0 Å². The molecule has 2 heterocycles. The minimum absolute atomic E-state index is 0.227. The van der Waals surface area contributed by atoms with E-state index in [9.17, 15) is 0 Å². The third kappa shape index (κ3) is 6.89. The van der Waals surface area contributed by atoms with E-state index >= 15 is 0 Å². The van der Waals surface area contributed by atoms with Gasteiger partial charge in [0.05, 0.1) is 6.04 Å². The Kier molecular flexibility index (Phi) is 8.62. The first kappa shape index (κ1) is 21.9. The average molecular weight is 401 g/mol. The van der Waals surface area contributed by atoms with Crippen molar-refractivity contribution >= 4 is 11.6 Å². The molecule has 0 saturated carbocycles. The number of benzene rings is 1. The van der Waals surface area contributed by atoms with Crippen LogP contribution in [0.25, 0.3) is 0 Å². The number of likely N-dealkylation sites (N-methyl/N-ethyl adjacent to an activating group) is 1. The van der Waals surface area contributed by atoms with E-state index in [-0.39, 0.29) is 6.04 Å². The van der Waals surface area contributed by atoms with Gasteiger partial charge < -0.3 is 25.3 Å². The van der Waals surface area contributed by atoms with Crippen molar-refractivity contribution in [3.05, 3.63) is 29.8 Å². The summed E-state index contributed by atoms with van der Waals surface area (Å²) >= 11 is 0. The lowest BCUT2D eigenvalue weighted by atomic mass is 10.1. The molecule has 2 aliphatic rings. The molecule has 0 radical (unpaired) electrons. The lowest BCUT2D eigenvalue weighted by molar-refractivity contribution is 0.274. The smallest absolute Gasteiger partial charge is 0.191 e. The Morgan fingerprint density at radius 2 is 1.90 bits per heavy atom. The van der Waals surface area contributed by atoms with Gasteiger partial charge >= 0.3 is 0 Å². The maximum absolute atomic E-state index is 4.43. The second-order valence-corrected chi connectivity index (χ2v) is 8.51. The van der Waals surface area contributed by atoms with Crippen LogP contribution in [-0.2, 0) is 0 Å². The van der Waals surface area contributed by atoms with Gasteiger partial charge in [0, 0.05) is 45.5 Å². The molecular weight excluding hydrogens is 360 g/mol. The Balaban J connectivity index is 1.42. The summed E-state index contributed by atoms with van der Waals surface area (Å²) in [5.41, 5.74) is 2.66. The third-order valence-electron chi connectivity index (χ3n) is 6.17. The molecule has 162 valence electrons. The molecule has 6 heteroatoms. The van der Waals surface area contributed by atoms with Gasteiger partial charge in [-0.2, -0.15) is 0 Å². The normalized spacial score (nSPS) is 20.5. The van der Waals surface area contributed by atoms with Crippen LogP contribution >= 0.6 is 0 Å². The van der Waals surface area contributed by atoms with E-state index in [1.807, 2.05) is 7.05 Å². The number of nitrogens with one attached hydrogen (secondary N) is 2. The Bertz CT molecular complexity index is 640. The Morgan fingerprint density at radius 1 is 1.07 bits per heavy atom. The monoisotopic (exact) mass is 400 g/mol. The van der Waals surface area contributed by atoms with Crippen molar-refractivity contribution in [3.8, 4) is 0 Å². The molecule has 0 amide bonds.